The number of likely N-dealkylation sites (tertiary alicyclic amines) is 1. The van der Waals surface area contributed by atoms with Crippen LogP contribution in [0.15, 0.2) is 34.8 Å². The Morgan fingerprint density at radius 1 is 1.33 bits per heavy atom. The molecule has 1 fully saturated rings. The first-order chi connectivity index (χ1) is 11.5. The second kappa shape index (κ2) is 8.84. The normalized spacial score (nSPS) is 20.4. The third kappa shape index (κ3) is 5.35. The van der Waals surface area contributed by atoms with Gasteiger partial charge < -0.3 is 20.6 Å². The summed E-state index contributed by atoms with van der Waals surface area (Å²) in [4.78, 5) is 25.1. The average Bonchev–Trinajstić information content (AvgIpc) is 2.93. The molecule has 0 radical (unpaired) electrons. The number of urea groups is 1. The molecule has 1 saturated heterocycles. The van der Waals surface area contributed by atoms with E-state index in [9.17, 15) is 14.7 Å². The SMILES string of the molecule is CNC(=O)C[C@@H]1CN(C(=O)NC/C=C/c2ccc(Br)cc2)C[C@H]1O. The lowest BCUT2D eigenvalue weighted by atomic mass is 10.0. The van der Waals surface area contributed by atoms with E-state index in [2.05, 4.69) is 26.6 Å². The maximum atomic E-state index is 12.1. The standard InChI is InChI=1S/C17H22BrN3O3/c1-19-16(23)9-13-10-21(11-15(13)22)17(24)20-8-2-3-12-4-6-14(18)7-5-12/h2-7,13,15,22H,8-11H2,1H3,(H,19,23)(H,20,24)/b3-2+/t13-,15-/m1/s1. The minimum atomic E-state index is -0.661. The molecule has 2 atom stereocenters. The van der Waals surface area contributed by atoms with Crippen LogP contribution in [0, 0.1) is 5.92 Å². The predicted molar refractivity (Wildman–Crippen MR) is 96.3 cm³/mol. The van der Waals surface area contributed by atoms with Gasteiger partial charge in [-0.25, -0.2) is 4.79 Å². The maximum Gasteiger partial charge on any atom is 0.317 e. The van der Waals surface area contributed by atoms with Crippen LogP contribution in [0.5, 0.6) is 0 Å². The molecule has 3 N–H and O–H groups in total. The fraction of sp³-hybridized carbons (Fsp3) is 0.412. The molecule has 3 amide bonds. The van der Waals surface area contributed by atoms with Crippen LogP contribution >= 0.6 is 15.9 Å². The highest BCUT2D eigenvalue weighted by molar-refractivity contribution is 9.10. The fourth-order valence-electron chi connectivity index (χ4n) is 2.59. The summed E-state index contributed by atoms with van der Waals surface area (Å²) in [7, 11) is 1.56. The number of halogens is 1. The second-order valence-corrected chi connectivity index (χ2v) is 6.67. The van der Waals surface area contributed by atoms with E-state index >= 15 is 0 Å². The molecule has 1 aliphatic rings. The van der Waals surface area contributed by atoms with Gasteiger partial charge in [-0.1, -0.05) is 40.2 Å². The number of amides is 3. The first-order valence-electron chi connectivity index (χ1n) is 7.83. The summed E-state index contributed by atoms with van der Waals surface area (Å²) in [6.07, 6.45) is 3.37. The number of carbonyl (C=O) groups excluding carboxylic acids is 2. The summed E-state index contributed by atoms with van der Waals surface area (Å²) >= 11 is 3.38. The number of aliphatic hydroxyl groups excluding tert-OH is 1. The van der Waals surface area contributed by atoms with Crippen molar-refractivity contribution in [3.05, 3.63) is 40.4 Å². The zero-order valence-electron chi connectivity index (χ0n) is 13.5. The van der Waals surface area contributed by atoms with Gasteiger partial charge in [0, 0.05) is 43.5 Å². The van der Waals surface area contributed by atoms with Gasteiger partial charge in [-0.3, -0.25) is 4.79 Å². The maximum absolute atomic E-state index is 12.1. The van der Waals surface area contributed by atoms with Gasteiger partial charge >= 0.3 is 6.03 Å². The Bertz CT molecular complexity index is 604. The van der Waals surface area contributed by atoms with E-state index in [1.165, 1.54) is 0 Å². The van der Waals surface area contributed by atoms with Crippen molar-refractivity contribution in [3.63, 3.8) is 0 Å². The fourth-order valence-corrected chi connectivity index (χ4v) is 2.85. The number of aliphatic hydroxyl groups is 1. The number of nitrogens with one attached hydrogen (secondary N) is 2. The average molecular weight is 396 g/mol. The smallest absolute Gasteiger partial charge is 0.317 e. The van der Waals surface area contributed by atoms with E-state index in [1.807, 2.05) is 36.4 Å². The number of hydrogen-bond acceptors (Lipinski definition) is 3. The molecule has 1 aliphatic heterocycles. The van der Waals surface area contributed by atoms with E-state index in [4.69, 9.17) is 0 Å². The van der Waals surface area contributed by atoms with E-state index < -0.39 is 6.10 Å². The van der Waals surface area contributed by atoms with Crippen LogP contribution in [0.4, 0.5) is 4.79 Å². The van der Waals surface area contributed by atoms with Crippen LogP contribution in [0.25, 0.3) is 6.08 Å². The number of β-amino-alcohol motifs (C(OH)–C–C–N with tert-alkyl or cyclic N) is 1. The molecule has 24 heavy (non-hydrogen) atoms. The third-order valence-electron chi connectivity index (χ3n) is 3.97. The number of carbonyl (C=O) groups is 2. The molecule has 130 valence electrons. The molecule has 0 aromatic heterocycles. The molecule has 0 unspecified atom stereocenters. The first kappa shape index (κ1) is 18.5. The Morgan fingerprint density at radius 2 is 2.04 bits per heavy atom. The second-order valence-electron chi connectivity index (χ2n) is 5.75. The quantitative estimate of drug-likeness (QED) is 0.707. The Labute approximate surface area is 150 Å². The predicted octanol–water partition coefficient (Wildman–Crippen LogP) is 1.60. The third-order valence-corrected chi connectivity index (χ3v) is 4.50. The summed E-state index contributed by atoms with van der Waals surface area (Å²) in [6, 6.07) is 7.63. The minimum absolute atomic E-state index is 0.126. The lowest BCUT2D eigenvalue weighted by Crippen LogP contribution is -2.39. The monoisotopic (exact) mass is 395 g/mol. The van der Waals surface area contributed by atoms with Crippen LogP contribution in [0.1, 0.15) is 12.0 Å². The molecule has 6 nitrogen and oxygen atoms in total. The zero-order chi connectivity index (χ0) is 17.5. The summed E-state index contributed by atoms with van der Waals surface area (Å²) in [5.41, 5.74) is 1.05. The van der Waals surface area contributed by atoms with Crippen molar-refractivity contribution in [2.24, 2.45) is 5.92 Å². The minimum Gasteiger partial charge on any atom is -0.391 e. The van der Waals surface area contributed by atoms with Crippen LogP contribution in [-0.4, -0.2) is 54.7 Å². The Morgan fingerprint density at radius 3 is 2.71 bits per heavy atom. The molecule has 1 aromatic rings. The largest absolute Gasteiger partial charge is 0.391 e. The first-order valence-corrected chi connectivity index (χ1v) is 8.62. The van der Waals surface area contributed by atoms with Gasteiger partial charge in [0.05, 0.1) is 6.10 Å². The Kier molecular flexibility index (Phi) is 6.81. The number of rotatable bonds is 5. The summed E-state index contributed by atoms with van der Waals surface area (Å²) in [6.45, 7) is 1.04. The molecule has 2 rings (SSSR count). The molecule has 7 heteroatoms. The van der Waals surface area contributed by atoms with E-state index in [-0.39, 0.29) is 30.8 Å². The molecule has 1 aromatic carbocycles. The highest BCUT2D eigenvalue weighted by atomic mass is 79.9. The topological polar surface area (TPSA) is 81.7 Å². The molecule has 0 bridgehead atoms. The van der Waals surface area contributed by atoms with Gasteiger partial charge in [-0.15, -0.1) is 0 Å². The van der Waals surface area contributed by atoms with Crippen LogP contribution in [0.3, 0.4) is 0 Å². The van der Waals surface area contributed by atoms with Gasteiger partial charge in [0.2, 0.25) is 5.91 Å². The van der Waals surface area contributed by atoms with Gasteiger partial charge in [0.1, 0.15) is 0 Å². The van der Waals surface area contributed by atoms with Gasteiger partial charge in [0.15, 0.2) is 0 Å². The van der Waals surface area contributed by atoms with Gasteiger partial charge in [0.25, 0.3) is 0 Å². The number of nitrogens with zero attached hydrogens (tertiary/aromatic N) is 1. The number of hydrogen-bond donors (Lipinski definition) is 3. The summed E-state index contributed by atoms with van der Waals surface area (Å²) < 4.78 is 1.02. The summed E-state index contributed by atoms with van der Waals surface area (Å²) in [5, 5.41) is 15.3. The lowest BCUT2D eigenvalue weighted by molar-refractivity contribution is -0.122. The molecule has 0 aliphatic carbocycles. The Balaban J connectivity index is 1.76. The van der Waals surface area contributed by atoms with Crippen LogP contribution in [-0.2, 0) is 4.79 Å². The number of benzene rings is 1. The molecule has 1 heterocycles. The van der Waals surface area contributed by atoms with E-state index in [0.717, 1.165) is 10.0 Å². The van der Waals surface area contributed by atoms with Crippen molar-refractivity contribution < 1.29 is 14.7 Å². The van der Waals surface area contributed by atoms with Crippen LogP contribution in [0.2, 0.25) is 0 Å². The highest BCUT2D eigenvalue weighted by Gasteiger charge is 2.34. The summed E-state index contributed by atoms with van der Waals surface area (Å²) in [5.74, 6) is -0.340. The van der Waals surface area contributed by atoms with E-state index in [0.29, 0.717) is 13.1 Å². The highest BCUT2D eigenvalue weighted by Crippen LogP contribution is 2.20. The van der Waals surface area contributed by atoms with Crippen molar-refractivity contribution >= 4 is 33.9 Å². The molecular weight excluding hydrogens is 374 g/mol. The van der Waals surface area contributed by atoms with Crippen molar-refractivity contribution in [1.82, 2.24) is 15.5 Å². The van der Waals surface area contributed by atoms with E-state index in [1.54, 1.807) is 11.9 Å². The molecular formula is C17H22BrN3O3. The van der Waals surface area contributed by atoms with Gasteiger partial charge in [-0.2, -0.15) is 0 Å². The Hall–Kier alpha value is -1.86. The van der Waals surface area contributed by atoms with Crippen molar-refractivity contribution in [3.8, 4) is 0 Å². The van der Waals surface area contributed by atoms with Crippen molar-refractivity contribution in [2.45, 2.75) is 12.5 Å². The molecule has 0 spiro atoms. The van der Waals surface area contributed by atoms with Crippen LogP contribution < -0.4 is 10.6 Å². The molecule has 0 saturated carbocycles. The van der Waals surface area contributed by atoms with Gasteiger partial charge in [-0.05, 0) is 17.7 Å². The van der Waals surface area contributed by atoms with Crippen molar-refractivity contribution in [2.75, 3.05) is 26.7 Å². The zero-order valence-corrected chi connectivity index (χ0v) is 15.1. The lowest BCUT2D eigenvalue weighted by Gasteiger charge is -2.16. The van der Waals surface area contributed by atoms with Crippen molar-refractivity contribution in [1.29, 1.82) is 0 Å².